The van der Waals surface area contributed by atoms with Gasteiger partial charge in [-0.3, -0.25) is 24.0 Å². The molecule has 0 aliphatic carbocycles. The van der Waals surface area contributed by atoms with Gasteiger partial charge in [0.05, 0.1) is 10.9 Å². The number of H-pyrrole nitrogens is 2. The molecule has 0 amide bonds. The Kier molecular flexibility index (Phi) is 9.71. The molecule has 4 aromatic rings. The summed E-state index contributed by atoms with van der Waals surface area (Å²) in [7, 11) is 0. The summed E-state index contributed by atoms with van der Waals surface area (Å²) in [6.07, 6.45) is 2.34. The molecule has 1 aliphatic rings. The Labute approximate surface area is 263 Å². The molecule has 244 valence electrons. The van der Waals surface area contributed by atoms with Gasteiger partial charge in [-0.05, 0) is 68.5 Å². The van der Waals surface area contributed by atoms with Crippen LogP contribution in [0.4, 0.5) is 26.0 Å². The molecule has 1 fully saturated rings. The van der Waals surface area contributed by atoms with E-state index >= 15 is 8.78 Å². The number of carboxylic acids is 1. The molecule has 0 unspecified atom stereocenters. The maximum atomic E-state index is 15.6. The largest absolute Gasteiger partial charge is 0.477 e. The van der Waals surface area contributed by atoms with Crippen LogP contribution in [0, 0.1) is 18.6 Å². The molecule has 13 heteroatoms. The highest BCUT2D eigenvalue weighted by atomic mass is 19.1. The number of benzene rings is 2. The molecule has 1 aliphatic heterocycles. The number of aromatic amines is 2. The predicted octanol–water partition coefficient (Wildman–Crippen LogP) is 4.13. The van der Waals surface area contributed by atoms with Crippen LogP contribution >= 0.6 is 0 Å². The Morgan fingerprint density at radius 1 is 0.957 bits per heavy atom. The van der Waals surface area contributed by atoms with E-state index in [1.54, 1.807) is 11.8 Å². The zero-order valence-electron chi connectivity index (χ0n) is 26.1. The Morgan fingerprint density at radius 2 is 1.67 bits per heavy atom. The van der Waals surface area contributed by atoms with Crippen molar-refractivity contribution < 1.29 is 18.7 Å². The molecule has 0 radical (unpaired) electrons. The van der Waals surface area contributed by atoms with Crippen molar-refractivity contribution in [3.8, 4) is 0 Å². The van der Waals surface area contributed by atoms with Crippen LogP contribution < -0.4 is 26.9 Å². The van der Waals surface area contributed by atoms with Crippen molar-refractivity contribution in [3.05, 3.63) is 95.4 Å². The zero-order chi connectivity index (χ0) is 33.1. The van der Waals surface area contributed by atoms with Gasteiger partial charge in [0.25, 0.3) is 5.56 Å². The van der Waals surface area contributed by atoms with Crippen molar-refractivity contribution in [1.29, 1.82) is 0 Å². The van der Waals surface area contributed by atoms with Gasteiger partial charge in [0.15, 0.2) is 5.82 Å². The zero-order valence-corrected chi connectivity index (χ0v) is 26.1. The van der Waals surface area contributed by atoms with E-state index in [-0.39, 0.29) is 35.2 Å². The van der Waals surface area contributed by atoms with Gasteiger partial charge < -0.3 is 20.3 Å². The highest BCUT2D eigenvalue weighted by molar-refractivity contribution is 5.95. The lowest BCUT2D eigenvalue weighted by Crippen LogP contribution is -2.47. The van der Waals surface area contributed by atoms with Gasteiger partial charge in [0.1, 0.15) is 22.9 Å². The number of carboxylic acid groups (broad SMARTS) is 1. The first kappa shape index (κ1) is 32.6. The summed E-state index contributed by atoms with van der Waals surface area (Å²) in [6.45, 7) is 8.43. The Hall–Kier alpha value is -4.78. The molecule has 1 saturated heterocycles. The molecular weight excluding hydrogens is 598 g/mol. The summed E-state index contributed by atoms with van der Waals surface area (Å²) in [5, 5.41) is 12.2. The third-order valence-electron chi connectivity index (χ3n) is 8.64. The van der Waals surface area contributed by atoms with Crippen LogP contribution in [0.2, 0.25) is 0 Å². The topological polar surface area (TPSA) is 144 Å². The quantitative estimate of drug-likeness (QED) is 0.180. The second kappa shape index (κ2) is 13.7. The van der Waals surface area contributed by atoms with Gasteiger partial charge >= 0.3 is 11.7 Å². The number of nitrogens with zero attached hydrogens (tertiary/aromatic N) is 3. The summed E-state index contributed by atoms with van der Waals surface area (Å²) in [5.74, 6) is -2.97. The van der Waals surface area contributed by atoms with Crippen molar-refractivity contribution in [1.82, 2.24) is 19.4 Å². The number of pyridine rings is 1. The molecule has 5 rings (SSSR count). The van der Waals surface area contributed by atoms with E-state index in [1.165, 1.54) is 21.8 Å². The number of rotatable bonds is 11. The van der Waals surface area contributed by atoms with Crippen LogP contribution in [0.25, 0.3) is 10.9 Å². The molecule has 0 saturated carbocycles. The average molecular weight is 637 g/mol. The highest BCUT2D eigenvalue weighted by Gasteiger charge is 2.27. The number of hydrogen-bond donors (Lipinski definition) is 4. The van der Waals surface area contributed by atoms with Gasteiger partial charge in [-0.25, -0.2) is 18.4 Å². The van der Waals surface area contributed by atoms with E-state index in [2.05, 4.69) is 27.1 Å². The van der Waals surface area contributed by atoms with Gasteiger partial charge in [-0.2, -0.15) is 0 Å². The number of aryl methyl sites for hydroxylation is 3. The van der Waals surface area contributed by atoms with Crippen molar-refractivity contribution >= 4 is 34.1 Å². The first-order valence-corrected chi connectivity index (χ1v) is 15.5. The lowest BCUT2D eigenvalue weighted by atomic mass is 10.0. The average Bonchev–Trinajstić information content (AvgIpc) is 3.02. The molecule has 0 spiro atoms. The summed E-state index contributed by atoms with van der Waals surface area (Å²) in [5.41, 5.74) is 0.445. The van der Waals surface area contributed by atoms with Crippen LogP contribution in [-0.2, 0) is 19.4 Å². The van der Waals surface area contributed by atoms with Crippen molar-refractivity contribution in [2.45, 2.75) is 53.0 Å². The number of aromatic carboxylic acids is 1. The molecule has 2 aromatic heterocycles. The SMILES string of the molecule is CCc1cc(Nc2cc(=O)n(CCCCN3CCN(c4c(F)cc5c(=O)c(C(=O)O)c(CC)[nH]c5c4F)CC3)c(=O)[nH]2)ccc1C. The second-order valence-corrected chi connectivity index (χ2v) is 11.5. The minimum Gasteiger partial charge on any atom is -0.477 e. The van der Waals surface area contributed by atoms with Gasteiger partial charge in [-0.1, -0.05) is 19.9 Å². The van der Waals surface area contributed by atoms with E-state index < -0.39 is 39.8 Å². The summed E-state index contributed by atoms with van der Waals surface area (Å²) >= 11 is 0. The lowest BCUT2D eigenvalue weighted by molar-refractivity contribution is 0.0694. The second-order valence-electron chi connectivity index (χ2n) is 11.5. The number of nitrogens with one attached hydrogen (secondary N) is 3. The van der Waals surface area contributed by atoms with Crippen LogP contribution in [0.5, 0.6) is 0 Å². The molecule has 0 atom stereocenters. The number of unbranched alkanes of at least 4 members (excludes halogenated alkanes) is 1. The Bertz CT molecular complexity index is 1930. The highest BCUT2D eigenvalue weighted by Crippen LogP contribution is 2.30. The van der Waals surface area contributed by atoms with Gasteiger partial charge in [-0.15, -0.1) is 0 Å². The molecule has 3 heterocycles. The number of fused-ring (bicyclic) bond motifs is 1. The van der Waals surface area contributed by atoms with E-state index in [0.29, 0.717) is 51.4 Å². The smallest absolute Gasteiger partial charge is 0.341 e. The molecular formula is C33H38F2N6O5. The number of carbonyl (C=O) groups is 1. The van der Waals surface area contributed by atoms with Gasteiger partial charge in [0.2, 0.25) is 5.43 Å². The van der Waals surface area contributed by atoms with E-state index in [1.807, 2.05) is 25.1 Å². The number of halogens is 2. The van der Waals surface area contributed by atoms with Crippen LogP contribution in [0.1, 0.15) is 53.9 Å². The van der Waals surface area contributed by atoms with Crippen LogP contribution in [-0.4, -0.2) is 63.2 Å². The van der Waals surface area contributed by atoms with Crippen LogP contribution in [0.15, 0.2) is 44.7 Å². The minimum absolute atomic E-state index is 0.0795. The number of anilines is 3. The van der Waals surface area contributed by atoms with Crippen molar-refractivity contribution in [3.63, 3.8) is 0 Å². The third kappa shape index (κ3) is 6.59. The number of aromatic nitrogens is 3. The Morgan fingerprint density at radius 3 is 2.33 bits per heavy atom. The van der Waals surface area contributed by atoms with E-state index in [4.69, 9.17) is 0 Å². The maximum Gasteiger partial charge on any atom is 0.341 e. The maximum absolute atomic E-state index is 15.6. The standard InChI is InChI=1S/C33H38F2N6O5/c1-4-20-16-21(9-8-19(20)3)36-25-18-26(42)41(33(46)38-25)11-7-6-10-39-12-14-40(15-13-39)30-23(34)17-22-29(28(30)35)37-24(5-2)27(31(22)43)32(44)45/h8-9,16-18,36H,4-7,10-15H2,1-3H3,(H,37,43)(H,38,46)(H,44,45). The molecule has 4 N–H and O–H groups in total. The van der Waals surface area contributed by atoms with E-state index in [0.717, 1.165) is 18.2 Å². The monoisotopic (exact) mass is 636 g/mol. The Balaban J connectivity index is 1.17. The lowest BCUT2D eigenvalue weighted by Gasteiger charge is -2.36. The minimum atomic E-state index is -1.45. The summed E-state index contributed by atoms with van der Waals surface area (Å²) in [6, 6.07) is 8.17. The fraction of sp³-hybridized carbons (Fsp3) is 0.394. The normalized spacial score (nSPS) is 13.8. The molecule has 0 bridgehead atoms. The van der Waals surface area contributed by atoms with Crippen molar-refractivity contribution in [2.75, 3.05) is 42.9 Å². The predicted molar refractivity (Wildman–Crippen MR) is 174 cm³/mol. The fourth-order valence-electron chi connectivity index (χ4n) is 6.06. The number of piperazine rings is 1. The molecule has 46 heavy (non-hydrogen) atoms. The van der Waals surface area contributed by atoms with E-state index in [9.17, 15) is 24.3 Å². The molecule has 2 aromatic carbocycles. The number of hydrogen-bond acceptors (Lipinski definition) is 7. The first-order valence-electron chi connectivity index (χ1n) is 15.5. The van der Waals surface area contributed by atoms with Crippen LogP contribution in [0.3, 0.4) is 0 Å². The summed E-state index contributed by atoms with van der Waals surface area (Å²) < 4.78 is 32.0. The summed E-state index contributed by atoms with van der Waals surface area (Å²) in [4.78, 5) is 58.9. The first-order chi connectivity index (χ1) is 22.0. The third-order valence-corrected chi connectivity index (χ3v) is 8.64. The fourth-order valence-corrected chi connectivity index (χ4v) is 6.06. The van der Waals surface area contributed by atoms with Gasteiger partial charge in [0, 0.05) is 50.2 Å². The molecule has 11 nitrogen and oxygen atoms in total. The van der Waals surface area contributed by atoms with Crippen molar-refractivity contribution in [2.24, 2.45) is 0 Å².